The summed E-state index contributed by atoms with van der Waals surface area (Å²) in [5.74, 6) is 1.71. The van der Waals surface area contributed by atoms with Crippen LogP contribution >= 0.6 is 0 Å². The van der Waals surface area contributed by atoms with Gasteiger partial charge < -0.3 is 14.6 Å². The van der Waals surface area contributed by atoms with Crippen molar-refractivity contribution >= 4 is 22.9 Å². The monoisotopic (exact) mass is 426 g/mol. The first-order valence-corrected chi connectivity index (χ1v) is 11.0. The van der Waals surface area contributed by atoms with Gasteiger partial charge in [-0.05, 0) is 52.7 Å². The Morgan fingerprint density at radius 3 is 2.55 bits per heavy atom. The van der Waals surface area contributed by atoms with Crippen LogP contribution in [0.1, 0.15) is 57.0 Å². The summed E-state index contributed by atoms with van der Waals surface area (Å²) in [5.41, 5.74) is 5.12. The van der Waals surface area contributed by atoms with Crippen molar-refractivity contribution in [1.29, 1.82) is 0 Å². The minimum absolute atomic E-state index is 0.0650. The fraction of sp³-hybridized carbons (Fsp3) is 0.565. The van der Waals surface area contributed by atoms with Crippen molar-refractivity contribution in [3.63, 3.8) is 0 Å². The molecule has 0 fully saturated rings. The zero-order valence-electron chi connectivity index (χ0n) is 20.0. The van der Waals surface area contributed by atoms with Gasteiger partial charge in [0, 0.05) is 30.6 Å². The second-order valence-corrected chi connectivity index (χ2v) is 8.47. The molecule has 0 aliphatic rings. The van der Waals surface area contributed by atoms with Crippen LogP contribution in [-0.2, 0) is 18.3 Å². The lowest BCUT2D eigenvalue weighted by molar-refractivity contribution is -0.644. The standard InChI is InChI=1S/C23H35N7O/c1-9-19(17(6)31-8)27-23-28-22-20(26-13-30(22)14(2)3)21(29(23)7)25-12-18-11-24-16(5)10-15(18)4/h10-11,13-14,17,19H,9,12H2,1-8H3,(H,25,27,28)/p+1/t17-,19+/m1/s1. The third-order valence-corrected chi connectivity index (χ3v) is 5.91. The predicted molar refractivity (Wildman–Crippen MR) is 124 cm³/mol. The van der Waals surface area contributed by atoms with E-state index >= 15 is 0 Å². The first-order valence-electron chi connectivity index (χ1n) is 11.0. The number of methoxy groups -OCH3 is 1. The second kappa shape index (κ2) is 9.60. The van der Waals surface area contributed by atoms with Gasteiger partial charge in [-0.15, -0.1) is 0 Å². The molecule has 0 bridgehead atoms. The fourth-order valence-corrected chi connectivity index (χ4v) is 3.75. The van der Waals surface area contributed by atoms with E-state index in [9.17, 15) is 0 Å². The van der Waals surface area contributed by atoms with Crippen LogP contribution < -0.4 is 15.2 Å². The highest BCUT2D eigenvalue weighted by atomic mass is 16.5. The average molecular weight is 427 g/mol. The summed E-state index contributed by atoms with van der Waals surface area (Å²) >= 11 is 0. The Kier molecular flexibility index (Phi) is 7.10. The molecule has 8 heteroatoms. The van der Waals surface area contributed by atoms with Gasteiger partial charge in [0.05, 0.1) is 32.1 Å². The third-order valence-electron chi connectivity index (χ3n) is 5.91. The molecule has 0 saturated carbocycles. The molecule has 2 N–H and O–H groups in total. The van der Waals surface area contributed by atoms with E-state index < -0.39 is 0 Å². The quantitative estimate of drug-likeness (QED) is 0.508. The van der Waals surface area contributed by atoms with Crippen molar-refractivity contribution in [2.75, 3.05) is 17.7 Å². The van der Waals surface area contributed by atoms with Crippen molar-refractivity contribution in [2.45, 2.75) is 72.7 Å². The minimum Gasteiger partial charge on any atom is -0.379 e. The van der Waals surface area contributed by atoms with E-state index in [4.69, 9.17) is 14.7 Å². The van der Waals surface area contributed by atoms with E-state index in [2.05, 4.69) is 60.9 Å². The van der Waals surface area contributed by atoms with Gasteiger partial charge >= 0.3 is 5.95 Å². The molecular formula is C23H36N7O+. The average Bonchev–Trinajstić information content (AvgIpc) is 3.16. The molecule has 3 aromatic rings. The number of hydrogen-bond acceptors (Lipinski definition) is 6. The van der Waals surface area contributed by atoms with E-state index in [0.717, 1.165) is 40.6 Å². The van der Waals surface area contributed by atoms with Gasteiger partial charge in [-0.2, -0.15) is 0 Å². The van der Waals surface area contributed by atoms with Gasteiger partial charge in [0.15, 0.2) is 5.52 Å². The van der Waals surface area contributed by atoms with Gasteiger partial charge in [-0.3, -0.25) is 10.3 Å². The number of fused-ring (bicyclic) bond motifs is 1. The Hall–Kier alpha value is -2.74. The van der Waals surface area contributed by atoms with E-state index in [1.54, 1.807) is 7.11 Å². The minimum atomic E-state index is 0.0650. The number of aromatic nitrogens is 5. The molecule has 3 rings (SSSR count). The molecule has 3 aromatic heterocycles. The second-order valence-electron chi connectivity index (χ2n) is 8.47. The lowest BCUT2D eigenvalue weighted by atomic mass is 10.1. The number of hydrogen-bond donors (Lipinski definition) is 2. The summed E-state index contributed by atoms with van der Waals surface area (Å²) in [6.07, 6.45) is 4.80. The predicted octanol–water partition coefficient (Wildman–Crippen LogP) is 3.69. The summed E-state index contributed by atoms with van der Waals surface area (Å²) in [4.78, 5) is 14.1. The Morgan fingerprint density at radius 2 is 1.94 bits per heavy atom. The number of nitrogens with one attached hydrogen (secondary N) is 2. The van der Waals surface area contributed by atoms with E-state index in [1.165, 1.54) is 5.56 Å². The number of nitrogens with zero attached hydrogens (tertiary/aromatic N) is 5. The van der Waals surface area contributed by atoms with E-state index in [1.807, 2.05) is 31.1 Å². The summed E-state index contributed by atoms with van der Waals surface area (Å²) in [7, 11) is 3.75. The van der Waals surface area contributed by atoms with Crippen molar-refractivity contribution in [1.82, 2.24) is 19.5 Å². The van der Waals surface area contributed by atoms with Crippen LogP contribution in [0.3, 0.4) is 0 Å². The lowest BCUT2D eigenvalue weighted by Crippen LogP contribution is -2.42. The number of ether oxygens (including phenoxy) is 1. The number of anilines is 2. The number of imidazole rings is 1. The topological polar surface area (TPSA) is 80.8 Å². The normalized spacial score (nSPS) is 13.6. The largest absolute Gasteiger partial charge is 0.379 e. The Morgan fingerprint density at radius 1 is 1.19 bits per heavy atom. The third kappa shape index (κ3) is 4.79. The molecule has 0 spiro atoms. The zero-order valence-corrected chi connectivity index (χ0v) is 20.0. The molecule has 0 radical (unpaired) electrons. The number of pyridine rings is 1. The number of rotatable bonds is 9. The molecule has 31 heavy (non-hydrogen) atoms. The van der Waals surface area contributed by atoms with Crippen molar-refractivity contribution < 1.29 is 9.30 Å². The molecule has 8 nitrogen and oxygen atoms in total. The maximum atomic E-state index is 5.57. The van der Waals surface area contributed by atoms with Gasteiger partial charge in [-0.25, -0.2) is 9.55 Å². The summed E-state index contributed by atoms with van der Waals surface area (Å²) < 4.78 is 9.71. The summed E-state index contributed by atoms with van der Waals surface area (Å²) in [6.45, 7) is 13.3. The van der Waals surface area contributed by atoms with Crippen LogP contribution in [0.4, 0.5) is 11.8 Å². The van der Waals surface area contributed by atoms with Gasteiger partial charge in [0.1, 0.15) is 0 Å². The molecule has 0 aliphatic carbocycles. The van der Waals surface area contributed by atoms with Crippen LogP contribution in [0, 0.1) is 13.8 Å². The van der Waals surface area contributed by atoms with Gasteiger partial charge in [-0.1, -0.05) is 11.9 Å². The lowest BCUT2D eigenvalue weighted by Gasteiger charge is -2.21. The summed E-state index contributed by atoms with van der Waals surface area (Å²) in [6, 6.07) is 2.51. The van der Waals surface area contributed by atoms with Gasteiger partial charge in [0.25, 0.3) is 0 Å². The van der Waals surface area contributed by atoms with Crippen LogP contribution in [0.15, 0.2) is 18.6 Å². The van der Waals surface area contributed by atoms with Gasteiger partial charge in [0.2, 0.25) is 11.5 Å². The molecule has 0 aromatic carbocycles. The van der Waals surface area contributed by atoms with Crippen LogP contribution in [-0.4, -0.2) is 38.8 Å². The molecule has 0 unspecified atom stereocenters. The van der Waals surface area contributed by atoms with Crippen LogP contribution in [0.25, 0.3) is 11.2 Å². The molecule has 0 amide bonds. The maximum absolute atomic E-state index is 5.57. The van der Waals surface area contributed by atoms with Crippen LogP contribution in [0.5, 0.6) is 0 Å². The highest BCUT2D eigenvalue weighted by molar-refractivity contribution is 5.82. The van der Waals surface area contributed by atoms with E-state index in [0.29, 0.717) is 6.54 Å². The zero-order chi connectivity index (χ0) is 22.7. The van der Waals surface area contributed by atoms with E-state index in [-0.39, 0.29) is 18.2 Å². The smallest absolute Gasteiger partial charge is 0.349 e. The Balaban J connectivity index is 2.04. The SMILES string of the molecule is CC[C@H](Nc1nc2c(ncn2C(C)C)c(NCc2cnc(C)cc2C)[n+]1C)[C@@H](C)OC. The highest BCUT2D eigenvalue weighted by Gasteiger charge is 2.26. The van der Waals surface area contributed by atoms with Crippen molar-refractivity contribution in [2.24, 2.45) is 7.05 Å². The molecule has 3 heterocycles. The molecule has 168 valence electrons. The van der Waals surface area contributed by atoms with Crippen LogP contribution in [0.2, 0.25) is 0 Å². The summed E-state index contributed by atoms with van der Waals surface area (Å²) in [5, 5.41) is 7.18. The molecule has 0 saturated heterocycles. The fourth-order valence-electron chi connectivity index (χ4n) is 3.75. The Labute approximate surface area is 185 Å². The first kappa shape index (κ1) is 22.9. The van der Waals surface area contributed by atoms with Crippen molar-refractivity contribution in [3.8, 4) is 0 Å². The highest BCUT2D eigenvalue weighted by Crippen LogP contribution is 2.23. The van der Waals surface area contributed by atoms with Crippen molar-refractivity contribution in [3.05, 3.63) is 35.4 Å². The Bertz CT molecular complexity index is 1040. The molecule has 0 aliphatic heterocycles. The molecule has 2 atom stereocenters. The number of aryl methyl sites for hydroxylation is 2. The first-order chi connectivity index (χ1) is 14.8. The maximum Gasteiger partial charge on any atom is 0.349 e. The molecular weight excluding hydrogens is 390 g/mol.